The fourth-order valence-corrected chi connectivity index (χ4v) is 4.35. The summed E-state index contributed by atoms with van der Waals surface area (Å²) in [5.41, 5.74) is 4.12. The molecule has 3 heterocycles. The van der Waals surface area contributed by atoms with E-state index in [1.54, 1.807) is 11.1 Å². The first-order chi connectivity index (χ1) is 13.7. The number of hydrogen-bond donors (Lipinski definition) is 0. The number of amides is 2. The van der Waals surface area contributed by atoms with Gasteiger partial charge in [0.2, 0.25) is 11.8 Å². The van der Waals surface area contributed by atoms with Crippen LogP contribution in [0.15, 0.2) is 60.8 Å². The molecule has 5 rings (SSSR count). The van der Waals surface area contributed by atoms with Crippen molar-refractivity contribution in [2.45, 2.75) is 19.4 Å². The molecule has 1 fully saturated rings. The molecule has 0 bridgehead atoms. The predicted octanol–water partition coefficient (Wildman–Crippen LogP) is 3.17. The van der Waals surface area contributed by atoms with E-state index in [-0.39, 0.29) is 24.2 Å². The lowest BCUT2D eigenvalue weighted by atomic mass is 9.98. The van der Waals surface area contributed by atoms with Crippen LogP contribution in [-0.4, -0.2) is 34.8 Å². The van der Waals surface area contributed by atoms with Gasteiger partial charge in [0.05, 0.1) is 17.1 Å². The molecular weight excluding hydrogens is 350 g/mol. The van der Waals surface area contributed by atoms with Crippen molar-refractivity contribution in [1.82, 2.24) is 9.88 Å². The van der Waals surface area contributed by atoms with E-state index >= 15 is 0 Å². The molecule has 0 saturated carbocycles. The highest BCUT2D eigenvalue weighted by molar-refractivity contribution is 6.05. The van der Waals surface area contributed by atoms with Gasteiger partial charge in [-0.15, -0.1) is 0 Å². The lowest BCUT2D eigenvalue weighted by Gasteiger charge is -2.30. The summed E-state index contributed by atoms with van der Waals surface area (Å²) in [5, 5.41) is 0.996. The summed E-state index contributed by atoms with van der Waals surface area (Å²) in [5.74, 6) is -0.218. The van der Waals surface area contributed by atoms with Crippen molar-refractivity contribution >= 4 is 28.4 Å². The van der Waals surface area contributed by atoms with Crippen LogP contribution in [0.1, 0.15) is 17.5 Å². The molecule has 2 amide bonds. The second kappa shape index (κ2) is 6.75. The number of hydrogen-bond acceptors (Lipinski definition) is 3. The molecule has 0 spiro atoms. The van der Waals surface area contributed by atoms with E-state index in [0.717, 1.165) is 29.6 Å². The molecule has 1 saturated heterocycles. The zero-order chi connectivity index (χ0) is 19.1. The lowest BCUT2D eigenvalue weighted by molar-refractivity contribution is -0.136. The van der Waals surface area contributed by atoms with Crippen LogP contribution in [0.4, 0.5) is 5.69 Å². The zero-order valence-electron chi connectivity index (χ0n) is 15.5. The third-order valence-corrected chi connectivity index (χ3v) is 5.82. The molecule has 5 nitrogen and oxygen atoms in total. The number of para-hydroxylation sites is 1. The minimum atomic E-state index is -0.295. The first kappa shape index (κ1) is 16.9. The van der Waals surface area contributed by atoms with Gasteiger partial charge in [-0.05, 0) is 29.7 Å². The number of rotatable bonds is 2. The topological polar surface area (TPSA) is 53.5 Å². The Morgan fingerprint density at radius 2 is 1.82 bits per heavy atom. The SMILES string of the molecule is O=C(C1CC(=O)N(c2cccc3cccnc23)C1)N1CCc2ccccc2C1. The van der Waals surface area contributed by atoms with Crippen molar-refractivity contribution in [2.75, 3.05) is 18.0 Å². The Bertz CT molecular complexity index is 1070. The van der Waals surface area contributed by atoms with Crippen LogP contribution < -0.4 is 4.90 Å². The predicted molar refractivity (Wildman–Crippen MR) is 108 cm³/mol. The number of pyridine rings is 1. The summed E-state index contributed by atoms with van der Waals surface area (Å²) in [6, 6.07) is 18.0. The van der Waals surface area contributed by atoms with Crippen LogP contribution in [0.2, 0.25) is 0 Å². The molecule has 2 aliphatic heterocycles. The second-order valence-corrected chi connectivity index (χ2v) is 7.54. The number of fused-ring (bicyclic) bond motifs is 2. The van der Waals surface area contributed by atoms with Crippen LogP contribution in [0.5, 0.6) is 0 Å². The van der Waals surface area contributed by atoms with Gasteiger partial charge in [0.1, 0.15) is 0 Å². The Kier molecular flexibility index (Phi) is 4.08. The van der Waals surface area contributed by atoms with Gasteiger partial charge in [-0.25, -0.2) is 0 Å². The van der Waals surface area contributed by atoms with E-state index < -0.39 is 0 Å². The van der Waals surface area contributed by atoms with Crippen molar-refractivity contribution in [2.24, 2.45) is 5.92 Å². The van der Waals surface area contributed by atoms with E-state index in [1.165, 1.54) is 11.1 Å². The third kappa shape index (κ3) is 2.83. The highest BCUT2D eigenvalue weighted by Crippen LogP contribution is 2.32. The van der Waals surface area contributed by atoms with Crippen LogP contribution >= 0.6 is 0 Å². The van der Waals surface area contributed by atoms with Crippen LogP contribution in [0, 0.1) is 5.92 Å². The van der Waals surface area contributed by atoms with Crippen LogP contribution in [-0.2, 0) is 22.6 Å². The maximum Gasteiger partial charge on any atom is 0.228 e. The van der Waals surface area contributed by atoms with Gasteiger partial charge >= 0.3 is 0 Å². The van der Waals surface area contributed by atoms with Gasteiger partial charge in [0.25, 0.3) is 0 Å². The molecule has 140 valence electrons. The minimum absolute atomic E-state index is 0.00564. The molecule has 1 unspecified atom stereocenters. The van der Waals surface area contributed by atoms with Gasteiger partial charge in [-0.2, -0.15) is 0 Å². The molecule has 1 aromatic heterocycles. The number of aromatic nitrogens is 1. The number of carbonyl (C=O) groups is 2. The normalized spacial score (nSPS) is 19.1. The van der Waals surface area contributed by atoms with Gasteiger partial charge in [-0.3, -0.25) is 14.6 Å². The highest BCUT2D eigenvalue weighted by Gasteiger charge is 2.38. The van der Waals surface area contributed by atoms with Crippen molar-refractivity contribution in [3.05, 3.63) is 71.9 Å². The first-order valence-electron chi connectivity index (χ1n) is 9.70. The fourth-order valence-electron chi connectivity index (χ4n) is 4.35. The van der Waals surface area contributed by atoms with Crippen molar-refractivity contribution < 1.29 is 9.59 Å². The Hall–Kier alpha value is -3.21. The average molecular weight is 371 g/mol. The van der Waals surface area contributed by atoms with Crippen LogP contribution in [0.25, 0.3) is 10.9 Å². The second-order valence-electron chi connectivity index (χ2n) is 7.54. The van der Waals surface area contributed by atoms with E-state index in [4.69, 9.17) is 0 Å². The molecule has 1 atom stereocenters. The standard InChI is InChI=1S/C23H21N3O2/c27-21-13-19(23(28)25-12-10-16-5-1-2-6-18(16)14-25)15-26(21)20-9-3-7-17-8-4-11-24-22(17)20/h1-9,11,19H,10,12-15H2. The first-order valence-corrected chi connectivity index (χ1v) is 9.70. The van der Waals surface area contributed by atoms with Gasteiger partial charge in [-0.1, -0.05) is 42.5 Å². The molecule has 5 heteroatoms. The molecule has 0 radical (unpaired) electrons. The summed E-state index contributed by atoms with van der Waals surface area (Å²) in [4.78, 5) is 34.0. The number of benzene rings is 2. The van der Waals surface area contributed by atoms with E-state index in [1.807, 2.05) is 47.4 Å². The number of carbonyl (C=O) groups excluding carboxylic acids is 2. The number of anilines is 1. The minimum Gasteiger partial charge on any atom is -0.338 e. The Balaban J connectivity index is 1.37. The molecule has 3 aromatic rings. The molecule has 2 aliphatic rings. The smallest absolute Gasteiger partial charge is 0.228 e. The van der Waals surface area contributed by atoms with E-state index in [0.29, 0.717) is 13.1 Å². The summed E-state index contributed by atoms with van der Waals surface area (Å²) >= 11 is 0. The monoisotopic (exact) mass is 371 g/mol. The molecule has 0 N–H and O–H groups in total. The molecular formula is C23H21N3O2. The molecule has 0 aliphatic carbocycles. The van der Waals surface area contributed by atoms with Gasteiger partial charge in [0.15, 0.2) is 0 Å². The van der Waals surface area contributed by atoms with E-state index in [2.05, 4.69) is 17.1 Å². The Morgan fingerprint density at radius 1 is 1.00 bits per heavy atom. The van der Waals surface area contributed by atoms with Crippen molar-refractivity contribution in [3.63, 3.8) is 0 Å². The Labute approximate surface area is 163 Å². The maximum absolute atomic E-state index is 13.1. The average Bonchev–Trinajstić information content (AvgIpc) is 3.14. The summed E-state index contributed by atoms with van der Waals surface area (Å²) in [6.07, 6.45) is 2.87. The third-order valence-electron chi connectivity index (χ3n) is 5.82. The zero-order valence-corrected chi connectivity index (χ0v) is 15.5. The summed E-state index contributed by atoms with van der Waals surface area (Å²) in [6.45, 7) is 1.78. The highest BCUT2D eigenvalue weighted by atomic mass is 16.2. The quantitative estimate of drug-likeness (QED) is 0.695. The van der Waals surface area contributed by atoms with Gasteiger partial charge in [0, 0.05) is 37.6 Å². The van der Waals surface area contributed by atoms with Gasteiger partial charge < -0.3 is 9.80 Å². The van der Waals surface area contributed by atoms with Crippen molar-refractivity contribution in [1.29, 1.82) is 0 Å². The molecule has 2 aromatic carbocycles. The van der Waals surface area contributed by atoms with Crippen molar-refractivity contribution in [3.8, 4) is 0 Å². The summed E-state index contributed by atoms with van der Waals surface area (Å²) < 4.78 is 0. The van der Waals surface area contributed by atoms with Crippen LogP contribution in [0.3, 0.4) is 0 Å². The Morgan fingerprint density at radius 3 is 2.71 bits per heavy atom. The fraction of sp³-hybridized carbons (Fsp3) is 0.261. The number of nitrogens with zero attached hydrogens (tertiary/aromatic N) is 3. The summed E-state index contributed by atoms with van der Waals surface area (Å²) in [7, 11) is 0. The molecule has 28 heavy (non-hydrogen) atoms. The lowest BCUT2D eigenvalue weighted by Crippen LogP contribution is -2.40. The maximum atomic E-state index is 13.1. The largest absolute Gasteiger partial charge is 0.338 e. The van der Waals surface area contributed by atoms with E-state index in [9.17, 15) is 9.59 Å².